The number of nitrogens with zero attached hydrogens (tertiary/aromatic N) is 1. The number of rotatable bonds is 11. The lowest BCUT2D eigenvalue weighted by Crippen LogP contribution is -2.45. The highest BCUT2D eigenvalue weighted by atomic mass is 32.2. The average Bonchev–Trinajstić information content (AvgIpc) is 3.17. The summed E-state index contributed by atoms with van der Waals surface area (Å²) in [5.41, 5.74) is 0.266. The lowest BCUT2D eigenvalue weighted by Gasteiger charge is -2.30. The molecule has 0 aliphatic heterocycles. The maximum absolute atomic E-state index is 12.2. The molecule has 0 aromatic heterocycles. The zero-order valence-corrected chi connectivity index (χ0v) is 17.9. The highest BCUT2D eigenvalue weighted by Crippen LogP contribution is 2.40. The smallest absolute Gasteiger partial charge is 0.240 e. The third kappa shape index (κ3) is 7.07. The van der Waals surface area contributed by atoms with E-state index in [1.807, 2.05) is 6.92 Å². The van der Waals surface area contributed by atoms with Crippen LogP contribution in [0.1, 0.15) is 39.0 Å². The first-order valence-corrected chi connectivity index (χ1v) is 11.6. The van der Waals surface area contributed by atoms with E-state index in [0.29, 0.717) is 12.5 Å². The van der Waals surface area contributed by atoms with Crippen molar-refractivity contribution in [3.05, 3.63) is 30.3 Å². The van der Waals surface area contributed by atoms with E-state index in [9.17, 15) is 8.42 Å². The van der Waals surface area contributed by atoms with Crippen molar-refractivity contribution in [1.29, 1.82) is 0 Å². The van der Waals surface area contributed by atoms with Crippen molar-refractivity contribution in [1.82, 2.24) is 15.4 Å². The molecule has 1 saturated carbocycles. The van der Waals surface area contributed by atoms with Crippen molar-refractivity contribution in [2.24, 2.45) is 10.4 Å². The summed E-state index contributed by atoms with van der Waals surface area (Å²) in [6.45, 7) is 5.18. The molecule has 7 nitrogen and oxygen atoms in total. The Kier molecular flexibility index (Phi) is 9.21. The van der Waals surface area contributed by atoms with Crippen LogP contribution in [-0.2, 0) is 14.8 Å². The summed E-state index contributed by atoms with van der Waals surface area (Å²) in [7, 11) is -1.75. The predicted molar refractivity (Wildman–Crippen MR) is 113 cm³/mol. The van der Waals surface area contributed by atoms with Gasteiger partial charge in [-0.05, 0) is 43.7 Å². The molecule has 8 heteroatoms. The van der Waals surface area contributed by atoms with E-state index in [1.54, 1.807) is 37.4 Å². The van der Waals surface area contributed by atoms with E-state index < -0.39 is 10.0 Å². The molecular weight excluding hydrogens is 376 g/mol. The topological polar surface area (TPSA) is 91.8 Å². The Morgan fingerprint density at radius 3 is 2.50 bits per heavy atom. The zero-order chi connectivity index (χ0) is 20.3. The highest BCUT2D eigenvalue weighted by Gasteiger charge is 2.33. The molecule has 28 heavy (non-hydrogen) atoms. The Labute approximate surface area is 169 Å². The molecule has 2 rings (SSSR count). The summed E-state index contributed by atoms with van der Waals surface area (Å²) in [5.74, 6) is 0.696. The summed E-state index contributed by atoms with van der Waals surface area (Å²) in [6.07, 6.45) is 6.01. The number of hydrogen-bond donors (Lipinski definition) is 3. The molecule has 0 spiro atoms. The van der Waals surface area contributed by atoms with Gasteiger partial charge in [-0.3, -0.25) is 4.99 Å². The highest BCUT2D eigenvalue weighted by molar-refractivity contribution is 7.89. The number of aliphatic imine (C=N–C) groups is 1. The van der Waals surface area contributed by atoms with Gasteiger partial charge in [-0.25, -0.2) is 13.1 Å². The molecule has 1 aromatic rings. The number of benzene rings is 1. The van der Waals surface area contributed by atoms with Crippen LogP contribution in [0.3, 0.4) is 0 Å². The zero-order valence-electron chi connectivity index (χ0n) is 17.0. The predicted octanol–water partition coefficient (Wildman–Crippen LogP) is 2.12. The first kappa shape index (κ1) is 22.6. The van der Waals surface area contributed by atoms with E-state index in [0.717, 1.165) is 26.2 Å². The minimum Gasteiger partial charge on any atom is -0.382 e. The monoisotopic (exact) mass is 410 g/mol. The van der Waals surface area contributed by atoms with Crippen molar-refractivity contribution in [2.75, 3.05) is 39.9 Å². The van der Waals surface area contributed by atoms with E-state index in [-0.39, 0.29) is 16.9 Å². The third-order valence-electron chi connectivity index (χ3n) is 5.26. The number of ether oxygens (including phenoxy) is 1. The fourth-order valence-electron chi connectivity index (χ4n) is 3.61. The molecule has 0 saturated heterocycles. The molecule has 1 fully saturated rings. The maximum atomic E-state index is 12.2. The fraction of sp³-hybridized carbons (Fsp3) is 0.650. The van der Waals surface area contributed by atoms with Gasteiger partial charge in [0.15, 0.2) is 5.96 Å². The Morgan fingerprint density at radius 1 is 1.14 bits per heavy atom. The SMILES string of the molecule is CCOCCC1(CNC(=NC)NCCNS(=O)(=O)c2ccccc2)CCCC1. The first-order chi connectivity index (χ1) is 13.5. The number of guanidine groups is 1. The van der Waals surface area contributed by atoms with Gasteiger partial charge in [-0.2, -0.15) is 0 Å². The number of nitrogens with one attached hydrogen (secondary N) is 3. The van der Waals surface area contributed by atoms with Crippen LogP contribution in [0, 0.1) is 5.41 Å². The molecule has 0 heterocycles. The summed E-state index contributed by atoms with van der Waals surface area (Å²) >= 11 is 0. The van der Waals surface area contributed by atoms with Crippen LogP contribution in [-0.4, -0.2) is 54.3 Å². The third-order valence-corrected chi connectivity index (χ3v) is 6.74. The van der Waals surface area contributed by atoms with Gasteiger partial charge in [0.25, 0.3) is 0 Å². The Bertz CT molecular complexity index is 701. The first-order valence-electron chi connectivity index (χ1n) is 10.1. The second-order valence-corrected chi connectivity index (χ2v) is 8.98. The van der Waals surface area contributed by atoms with Crippen molar-refractivity contribution < 1.29 is 13.2 Å². The molecule has 1 aliphatic carbocycles. The number of sulfonamides is 1. The summed E-state index contributed by atoms with van der Waals surface area (Å²) in [5, 5.41) is 6.60. The van der Waals surface area contributed by atoms with Gasteiger partial charge in [-0.1, -0.05) is 31.0 Å². The molecule has 158 valence electrons. The van der Waals surface area contributed by atoms with Crippen LogP contribution < -0.4 is 15.4 Å². The summed E-state index contributed by atoms with van der Waals surface area (Å²) in [4.78, 5) is 4.53. The van der Waals surface area contributed by atoms with Crippen LogP contribution in [0.4, 0.5) is 0 Å². The Hall–Kier alpha value is -1.64. The van der Waals surface area contributed by atoms with Gasteiger partial charge in [0, 0.05) is 39.9 Å². The average molecular weight is 411 g/mol. The van der Waals surface area contributed by atoms with E-state index >= 15 is 0 Å². The van der Waals surface area contributed by atoms with Gasteiger partial charge in [-0.15, -0.1) is 0 Å². The van der Waals surface area contributed by atoms with Gasteiger partial charge >= 0.3 is 0 Å². The van der Waals surface area contributed by atoms with Crippen molar-refractivity contribution in [3.8, 4) is 0 Å². The molecule has 1 aliphatic rings. The lowest BCUT2D eigenvalue weighted by molar-refractivity contribution is 0.105. The van der Waals surface area contributed by atoms with Gasteiger partial charge < -0.3 is 15.4 Å². The second kappa shape index (κ2) is 11.4. The molecule has 0 radical (unpaired) electrons. The quantitative estimate of drug-likeness (QED) is 0.295. The maximum Gasteiger partial charge on any atom is 0.240 e. The van der Waals surface area contributed by atoms with Gasteiger partial charge in [0.05, 0.1) is 4.90 Å². The van der Waals surface area contributed by atoms with Crippen LogP contribution in [0.25, 0.3) is 0 Å². The normalized spacial score (nSPS) is 16.9. The van der Waals surface area contributed by atoms with Crippen LogP contribution in [0.2, 0.25) is 0 Å². The Morgan fingerprint density at radius 2 is 1.86 bits per heavy atom. The molecule has 0 amide bonds. The van der Waals surface area contributed by atoms with E-state index in [4.69, 9.17) is 4.74 Å². The van der Waals surface area contributed by atoms with E-state index in [2.05, 4.69) is 20.3 Å². The van der Waals surface area contributed by atoms with E-state index in [1.165, 1.54) is 25.7 Å². The van der Waals surface area contributed by atoms with Crippen molar-refractivity contribution in [2.45, 2.75) is 43.9 Å². The van der Waals surface area contributed by atoms with Crippen LogP contribution >= 0.6 is 0 Å². The second-order valence-electron chi connectivity index (χ2n) is 7.22. The largest absolute Gasteiger partial charge is 0.382 e. The van der Waals surface area contributed by atoms with Crippen molar-refractivity contribution >= 4 is 16.0 Å². The lowest BCUT2D eigenvalue weighted by atomic mass is 9.83. The van der Waals surface area contributed by atoms with Crippen LogP contribution in [0.5, 0.6) is 0 Å². The Balaban J connectivity index is 1.75. The summed E-state index contributed by atoms with van der Waals surface area (Å²) in [6, 6.07) is 8.38. The van der Waals surface area contributed by atoms with Gasteiger partial charge in [0.2, 0.25) is 10.0 Å². The standard InChI is InChI=1S/C20H34N4O3S/c1-3-27-16-13-20(11-7-8-12-20)17-23-19(21-2)22-14-15-24-28(25,26)18-9-5-4-6-10-18/h4-6,9-10,24H,3,7-8,11-17H2,1-2H3,(H2,21,22,23). The molecule has 0 bridgehead atoms. The van der Waals surface area contributed by atoms with Crippen LogP contribution in [0.15, 0.2) is 40.2 Å². The number of hydrogen-bond acceptors (Lipinski definition) is 4. The molecule has 0 unspecified atom stereocenters. The minimum atomic E-state index is -3.48. The molecule has 3 N–H and O–H groups in total. The summed E-state index contributed by atoms with van der Waals surface area (Å²) < 4.78 is 32.6. The molecule has 1 aromatic carbocycles. The fourth-order valence-corrected chi connectivity index (χ4v) is 4.67. The molecular formula is C20H34N4O3S. The minimum absolute atomic E-state index is 0.266. The molecule has 0 atom stereocenters. The van der Waals surface area contributed by atoms with Crippen molar-refractivity contribution in [3.63, 3.8) is 0 Å². The van der Waals surface area contributed by atoms with Gasteiger partial charge in [0.1, 0.15) is 0 Å².